The first-order valence-corrected chi connectivity index (χ1v) is 12.2. The number of aliphatic hydroxyl groups is 2. The van der Waals surface area contributed by atoms with Gasteiger partial charge in [0, 0.05) is 0 Å². The second-order valence-electron chi connectivity index (χ2n) is 9.61. The van der Waals surface area contributed by atoms with E-state index in [1.54, 1.807) is 13.0 Å². The van der Waals surface area contributed by atoms with Gasteiger partial charge in [0.15, 0.2) is 5.69 Å². The highest BCUT2D eigenvalue weighted by molar-refractivity contribution is 5.43. The predicted octanol–water partition coefficient (Wildman–Crippen LogP) is 6.63. The summed E-state index contributed by atoms with van der Waals surface area (Å²) in [6.45, 7) is 5.59. The second-order valence-corrected chi connectivity index (χ2v) is 9.61. The van der Waals surface area contributed by atoms with Gasteiger partial charge in [-0.1, -0.05) is 74.0 Å². The smallest absolute Gasteiger partial charge is 0.387 e. The fourth-order valence-electron chi connectivity index (χ4n) is 4.55. The van der Waals surface area contributed by atoms with E-state index < -0.39 is 30.0 Å². The highest BCUT2D eigenvalue weighted by Gasteiger charge is 2.37. The Hall–Kier alpha value is -3.93. The Morgan fingerprint density at radius 1 is 0.868 bits per heavy atom. The molecule has 0 bridgehead atoms. The predicted molar refractivity (Wildman–Crippen MR) is 138 cm³/mol. The van der Waals surface area contributed by atoms with Gasteiger partial charge in [0.1, 0.15) is 6.10 Å². The van der Waals surface area contributed by atoms with Gasteiger partial charge in [0.25, 0.3) is 0 Å². The zero-order valence-electron chi connectivity index (χ0n) is 21.2. The van der Waals surface area contributed by atoms with Crippen molar-refractivity contribution in [3.05, 3.63) is 118 Å². The van der Waals surface area contributed by atoms with Crippen LogP contribution in [0.25, 0.3) is 5.69 Å². The molecule has 0 aliphatic carbocycles. The topological polar surface area (TPSA) is 82.1 Å². The van der Waals surface area contributed by atoms with Crippen molar-refractivity contribution in [3.8, 4) is 11.8 Å². The minimum Gasteiger partial charge on any atom is -0.387 e. The molecule has 4 unspecified atom stereocenters. The molecule has 2 N–H and O–H groups in total. The van der Waals surface area contributed by atoms with Crippen molar-refractivity contribution in [2.45, 2.75) is 45.1 Å². The van der Waals surface area contributed by atoms with Crippen molar-refractivity contribution < 1.29 is 23.4 Å². The summed E-state index contributed by atoms with van der Waals surface area (Å²) in [4.78, 5) is 0. The van der Waals surface area contributed by atoms with E-state index in [0.717, 1.165) is 27.4 Å². The van der Waals surface area contributed by atoms with Gasteiger partial charge in [0.2, 0.25) is 0 Å². The maximum Gasteiger partial charge on any atom is 0.435 e. The Labute approximate surface area is 219 Å². The second kappa shape index (κ2) is 10.8. The molecule has 0 aliphatic heterocycles. The number of hydrogen-bond donors (Lipinski definition) is 2. The van der Waals surface area contributed by atoms with Crippen molar-refractivity contribution >= 4 is 0 Å². The lowest BCUT2D eigenvalue weighted by Crippen LogP contribution is -2.19. The van der Waals surface area contributed by atoms with E-state index in [1.807, 2.05) is 68.4 Å². The van der Waals surface area contributed by atoms with Gasteiger partial charge in [-0.15, -0.1) is 0 Å². The number of halogens is 3. The number of hydrogen-bond acceptors (Lipinski definition) is 4. The number of nitriles is 1. The van der Waals surface area contributed by atoms with Gasteiger partial charge in [-0.05, 0) is 59.7 Å². The van der Waals surface area contributed by atoms with Crippen molar-refractivity contribution in [2.75, 3.05) is 0 Å². The molecular formula is C30H28F3N3O2. The van der Waals surface area contributed by atoms with Crippen molar-refractivity contribution in [3.63, 3.8) is 0 Å². The van der Waals surface area contributed by atoms with E-state index >= 15 is 0 Å². The average molecular weight is 520 g/mol. The van der Waals surface area contributed by atoms with Crippen molar-refractivity contribution in [1.29, 1.82) is 5.26 Å². The number of rotatable bonds is 7. The Balaban J connectivity index is 1.67. The summed E-state index contributed by atoms with van der Waals surface area (Å²) in [5.74, 6) is -0.796. The zero-order chi connectivity index (χ0) is 27.6. The van der Waals surface area contributed by atoms with Crippen LogP contribution >= 0.6 is 0 Å². The Kier molecular flexibility index (Phi) is 7.72. The highest BCUT2D eigenvalue weighted by atomic mass is 19.4. The van der Waals surface area contributed by atoms with Gasteiger partial charge < -0.3 is 10.2 Å². The fourth-order valence-corrected chi connectivity index (χ4v) is 4.55. The van der Waals surface area contributed by atoms with Crippen LogP contribution in [0.1, 0.15) is 71.2 Å². The first-order valence-electron chi connectivity index (χ1n) is 12.2. The maximum absolute atomic E-state index is 13.6. The molecule has 0 aliphatic rings. The summed E-state index contributed by atoms with van der Waals surface area (Å²) in [5.41, 5.74) is 2.65. The fraction of sp³-hybridized carbons (Fsp3) is 0.267. The number of nitrogens with zero attached hydrogens (tertiary/aromatic N) is 3. The normalized spacial score (nSPS) is 14.9. The van der Waals surface area contributed by atoms with E-state index in [-0.39, 0.29) is 22.9 Å². The molecule has 38 heavy (non-hydrogen) atoms. The molecule has 1 aromatic heterocycles. The van der Waals surface area contributed by atoms with Crippen LogP contribution in [0.4, 0.5) is 13.2 Å². The molecule has 5 nitrogen and oxygen atoms in total. The van der Waals surface area contributed by atoms with Gasteiger partial charge in [-0.2, -0.15) is 23.5 Å². The number of aromatic nitrogens is 2. The lowest BCUT2D eigenvalue weighted by Gasteiger charge is -2.27. The molecule has 196 valence electrons. The van der Waals surface area contributed by atoms with Crippen LogP contribution in [-0.4, -0.2) is 20.0 Å². The molecule has 0 fully saturated rings. The van der Waals surface area contributed by atoms with E-state index in [2.05, 4.69) is 5.10 Å². The van der Waals surface area contributed by atoms with Crippen LogP contribution < -0.4 is 0 Å². The molecule has 1 heterocycles. The minimum absolute atomic E-state index is 0.0253. The Bertz CT molecular complexity index is 1470. The van der Waals surface area contributed by atoms with Gasteiger partial charge in [0.05, 0.1) is 29.1 Å². The summed E-state index contributed by atoms with van der Waals surface area (Å²) in [6.07, 6.45) is -6.85. The molecule has 0 amide bonds. The molecule has 0 saturated heterocycles. The summed E-state index contributed by atoms with van der Waals surface area (Å²) < 4.78 is 41.8. The van der Waals surface area contributed by atoms with E-state index in [0.29, 0.717) is 5.56 Å². The van der Waals surface area contributed by atoms with Crippen LogP contribution in [0, 0.1) is 24.2 Å². The minimum atomic E-state index is -4.71. The van der Waals surface area contributed by atoms with Crippen molar-refractivity contribution in [1.82, 2.24) is 9.78 Å². The molecule has 8 heteroatoms. The lowest BCUT2D eigenvalue weighted by atomic mass is 9.83. The number of alkyl halides is 3. The third-order valence-corrected chi connectivity index (χ3v) is 6.95. The van der Waals surface area contributed by atoms with Crippen LogP contribution in [0.2, 0.25) is 0 Å². The lowest BCUT2D eigenvalue weighted by molar-refractivity contribution is -0.141. The number of benzene rings is 3. The number of aliphatic hydroxyl groups excluding tert-OH is 2. The quantitative estimate of drug-likeness (QED) is 0.287. The van der Waals surface area contributed by atoms with E-state index in [1.165, 1.54) is 18.2 Å². The SMILES string of the molecule is Cc1cccc(C(O)c2cccc(C(C)C(C)C(O)c3cc(C(F)(F)F)nn3-c3cccc(C#N)c3)c2)c1. The number of aryl methyl sites for hydroxylation is 1. The monoisotopic (exact) mass is 519 g/mol. The van der Waals surface area contributed by atoms with Gasteiger partial charge in [-0.3, -0.25) is 0 Å². The molecule has 0 spiro atoms. The zero-order valence-corrected chi connectivity index (χ0v) is 21.2. The maximum atomic E-state index is 13.6. The first kappa shape index (κ1) is 27.1. The molecular weight excluding hydrogens is 491 g/mol. The Morgan fingerprint density at radius 2 is 1.50 bits per heavy atom. The summed E-state index contributed by atoms with van der Waals surface area (Å²) in [5, 5.41) is 35.2. The summed E-state index contributed by atoms with van der Waals surface area (Å²) in [7, 11) is 0. The summed E-state index contributed by atoms with van der Waals surface area (Å²) >= 11 is 0. The standard InChI is InChI=1S/C30H28F3N3O2/c1-18-7-4-10-23(13-18)29(38)24-11-6-9-22(15-24)19(2)20(3)28(37)26-16-27(30(31,32)33)35-36(26)25-12-5-8-21(14-25)17-34/h4-16,19-20,28-29,37-38H,1-3H3. The van der Waals surface area contributed by atoms with Crippen LogP contribution in [-0.2, 0) is 6.18 Å². The van der Waals surface area contributed by atoms with Crippen LogP contribution in [0.5, 0.6) is 0 Å². The molecule has 4 rings (SSSR count). The summed E-state index contributed by atoms with van der Waals surface area (Å²) in [6, 6.07) is 23.8. The van der Waals surface area contributed by atoms with Gasteiger partial charge in [-0.25, -0.2) is 4.68 Å². The third kappa shape index (κ3) is 5.64. The van der Waals surface area contributed by atoms with Crippen molar-refractivity contribution in [2.24, 2.45) is 5.92 Å². The first-order chi connectivity index (χ1) is 18.0. The highest BCUT2D eigenvalue weighted by Crippen LogP contribution is 2.38. The molecule has 3 aromatic carbocycles. The third-order valence-electron chi connectivity index (χ3n) is 6.95. The molecule has 0 radical (unpaired) electrons. The van der Waals surface area contributed by atoms with E-state index in [9.17, 15) is 28.6 Å². The molecule has 4 aromatic rings. The van der Waals surface area contributed by atoms with Crippen LogP contribution in [0.15, 0.2) is 78.9 Å². The molecule has 0 saturated carbocycles. The van der Waals surface area contributed by atoms with Crippen LogP contribution in [0.3, 0.4) is 0 Å². The Morgan fingerprint density at radius 3 is 2.16 bits per heavy atom. The molecule has 4 atom stereocenters. The largest absolute Gasteiger partial charge is 0.435 e. The van der Waals surface area contributed by atoms with E-state index in [4.69, 9.17) is 0 Å². The van der Waals surface area contributed by atoms with Gasteiger partial charge >= 0.3 is 6.18 Å². The average Bonchev–Trinajstić information content (AvgIpc) is 3.38.